The van der Waals surface area contributed by atoms with Crippen molar-refractivity contribution in [3.63, 3.8) is 0 Å². The summed E-state index contributed by atoms with van der Waals surface area (Å²) in [6.07, 6.45) is 0. The second-order valence-electron chi connectivity index (χ2n) is 1.10. The molecule has 4 N–H and O–H groups in total. The zero-order valence-electron chi connectivity index (χ0n) is 10.7. The fourth-order valence-electron chi connectivity index (χ4n) is 0.0886. The lowest BCUT2D eigenvalue weighted by molar-refractivity contribution is -0.597. The maximum absolute atomic E-state index is 9.18. The Labute approximate surface area is 160 Å². The molecule has 0 aromatic heterocycles. The summed E-state index contributed by atoms with van der Waals surface area (Å²) in [6, 6.07) is 0. The van der Waals surface area contributed by atoms with E-state index >= 15 is 0 Å². The quantitative estimate of drug-likeness (QED) is 0.108. The van der Waals surface area contributed by atoms with Gasteiger partial charge in [-0.2, -0.15) is 0 Å². The second-order valence-corrected chi connectivity index (χ2v) is 2.43. The van der Waals surface area contributed by atoms with Crippen LogP contribution in [-0.4, -0.2) is 94.3 Å². The highest BCUT2D eigenvalue weighted by Crippen LogP contribution is 1.65. The minimum atomic E-state index is -1.09. The van der Waals surface area contributed by atoms with E-state index in [1.165, 1.54) is 0 Å². The van der Waals surface area contributed by atoms with Crippen LogP contribution in [0.15, 0.2) is 0 Å². The largest absolute Gasteiger partial charge is 0.632 e. The van der Waals surface area contributed by atoms with E-state index < -0.39 is 38.6 Å². The minimum absolute atomic E-state index is 0. The molecule has 10 radical (unpaired) electrons. The van der Waals surface area contributed by atoms with Crippen molar-refractivity contribution >= 4 is 73.3 Å². The summed E-state index contributed by atoms with van der Waals surface area (Å²) in [7, 11) is -4.31. The van der Waals surface area contributed by atoms with Crippen molar-refractivity contribution in [3.05, 3.63) is 0 Å². The number of hydrogen-bond acceptors (Lipinski definition) is 18. The first-order chi connectivity index (χ1) is 10.7. The number of hydrogen-bond donors (Lipinski definition) is 4. The molecule has 0 aromatic rings. The van der Waals surface area contributed by atoms with Crippen LogP contribution < -0.4 is 0 Å². The van der Waals surface area contributed by atoms with Crippen molar-refractivity contribution in [3.8, 4) is 0 Å². The van der Waals surface area contributed by atoms with Crippen LogP contribution in [0.25, 0.3) is 0 Å². The lowest BCUT2D eigenvalue weighted by Crippen LogP contribution is -1.89. The molecule has 0 rings (SSSR count). The monoisotopic (exact) mass is 458 g/mol. The van der Waals surface area contributed by atoms with Crippen molar-refractivity contribution < 1.29 is 87.4 Å². The average Bonchev–Trinajstić information content (AvgIpc) is 2.54. The van der Waals surface area contributed by atoms with Crippen LogP contribution in [0.4, 0.5) is 0 Å². The molecule has 0 bridgehead atoms. The van der Waals surface area contributed by atoms with E-state index in [-0.39, 0.29) is 34.7 Å². The normalized spacial score (nSPS) is 6.50. The Bertz CT molecular complexity index is 191. The van der Waals surface area contributed by atoms with Crippen LogP contribution in [0.3, 0.4) is 0 Å². The van der Waals surface area contributed by atoms with Gasteiger partial charge in [0, 0.05) is 44.8 Å². The number of rotatable bonds is 10. The molecule has 0 spiro atoms. The predicted octanol–water partition coefficient (Wildman–Crippen LogP) is -3.41. The standard InChI is InChI=1S/2Al.2HO5Si.2HO4Si/c;;2*1-3-4-5-6-2;2*1-3-4-5-2/h;;2*1H;2*1H. The lowest BCUT2D eigenvalue weighted by atomic mass is 14.4. The second kappa shape index (κ2) is 56.8. The van der Waals surface area contributed by atoms with Crippen molar-refractivity contribution in [1.29, 1.82) is 0 Å². The van der Waals surface area contributed by atoms with Crippen molar-refractivity contribution in [2.45, 2.75) is 0 Å². The van der Waals surface area contributed by atoms with E-state index in [1.807, 2.05) is 0 Å². The highest BCUT2D eigenvalue weighted by atomic mass is 28.2. The molecule has 0 amide bonds. The molecule has 0 aromatic carbocycles. The molecule has 0 saturated heterocycles. The van der Waals surface area contributed by atoms with Gasteiger partial charge in [-0.3, -0.25) is 0 Å². The Morgan fingerprint density at radius 1 is 0.458 bits per heavy atom. The van der Waals surface area contributed by atoms with Crippen LogP contribution in [0.2, 0.25) is 0 Å². The van der Waals surface area contributed by atoms with Gasteiger partial charge in [-0.15, -0.1) is 0 Å². The highest BCUT2D eigenvalue weighted by molar-refractivity contribution is 6.06. The maximum Gasteiger partial charge on any atom is 0.632 e. The summed E-state index contributed by atoms with van der Waals surface area (Å²) in [5, 5.41) is 46.7. The third-order valence-electron chi connectivity index (χ3n) is 0.340. The Hall–Kier alpha value is -0.0675. The van der Waals surface area contributed by atoms with Crippen LogP contribution >= 0.6 is 0 Å². The molecule has 24 heteroatoms. The van der Waals surface area contributed by atoms with Gasteiger partial charge in [0.15, 0.2) is 0 Å². The van der Waals surface area contributed by atoms with E-state index in [0.717, 1.165) is 0 Å². The van der Waals surface area contributed by atoms with E-state index in [1.54, 1.807) is 0 Å². The SMILES string of the molecule is O=[Si]OOO.O=[Si]OOO.O=[Si]OOOO.O=[Si]OOOO.[Al].[Al]. The maximum atomic E-state index is 9.18. The van der Waals surface area contributed by atoms with Gasteiger partial charge in [0.05, 0.1) is 0 Å². The topological polar surface area (TPSA) is 241 Å². The van der Waals surface area contributed by atoms with Gasteiger partial charge in [-0.25, -0.2) is 21.0 Å². The van der Waals surface area contributed by atoms with Crippen molar-refractivity contribution in [2.75, 3.05) is 0 Å². The molecule has 0 saturated carbocycles. The molecule has 0 atom stereocenters. The summed E-state index contributed by atoms with van der Waals surface area (Å²) < 4.78 is 50.1. The molecule has 0 fully saturated rings. The summed E-state index contributed by atoms with van der Waals surface area (Å²) >= 11 is 0. The summed E-state index contributed by atoms with van der Waals surface area (Å²) in [5.41, 5.74) is 0. The van der Waals surface area contributed by atoms with E-state index in [9.17, 15) is 8.92 Å². The molecule has 0 aliphatic rings. The molecule has 18 nitrogen and oxygen atoms in total. The Kier molecular flexibility index (Phi) is 92.7. The van der Waals surface area contributed by atoms with E-state index in [0.29, 0.717) is 0 Å². The van der Waals surface area contributed by atoms with Gasteiger partial charge in [0.2, 0.25) is 0 Å². The smallest absolute Gasteiger partial charge is 0.327 e. The molecule has 0 unspecified atom stereocenters. The van der Waals surface area contributed by atoms with Gasteiger partial charge in [0.25, 0.3) is 0 Å². The first-order valence-electron chi connectivity index (χ1n) is 3.36. The fraction of sp³-hybridized carbons (Fsp3) is 0. The highest BCUT2D eigenvalue weighted by Gasteiger charge is 1.78. The average molecular weight is 458 g/mol. The molecule has 24 heavy (non-hydrogen) atoms. The Morgan fingerprint density at radius 2 is 0.708 bits per heavy atom. The van der Waals surface area contributed by atoms with Gasteiger partial charge >= 0.3 is 38.6 Å². The summed E-state index contributed by atoms with van der Waals surface area (Å²) in [6.45, 7) is 0. The Balaban J connectivity index is -0.0000000439. The predicted molar refractivity (Wildman–Crippen MR) is 58.6 cm³/mol. The molecule has 0 heterocycles. The lowest BCUT2D eigenvalue weighted by Gasteiger charge is -1.82. The van der Waals surface area contributed by atoms with Gasteiger partial charge < -0.3 is 36.2 Å². The first kappa shape index (κ1) is 39.1. The van der Waals surface area contributed by atoms with Crippen LogP contribution in [0.1, 0.15) is 0 Å². The third kappa shape index (κ3) is 97.4. The molecule has 0 aliphatic carbocycles. The molecule has 0 aliphatic heterocycles. The van der Waals surface area contributed by atoms with Crippen LogP contribution in [0.5, 0.6) is 0 Å². The zero-order valence-corrected chi connectivity index (χ0v) is 17.0. The van der Waals surface area contributed by atoms with Gasteiger partial charge in [-0.05, 0) is 20.2 Å². The van der Waals surface area contributed by atoms with E-state index in [2.05, 4.69) is 48.5 Å². The first-order valence-corrected chi connectivity index (χ1v) is 6.63. The third-order valence-corrected chi connectivity index (χ3v) is 0.897. The molecular weight excluding hydrogens is 454 g/mol. The van der Waals surface area contributed by atoms with Crippen molar-refractivity contribution in [2.24, 2.45) is 0 Å². The van der Waals surface area contributed by atoms with E-state index in [4.69, 9.17) is 30.0 Å². The van der Waals surface area contributed by atoms with Gasteiger partial charge in [0.1, 0.15) is 0 Å². The molecular formula is H4Al2O18Si4. The molecule has 134 valence electrons. The van der Waals surface area contributed by atoms with Crippen LogP contribution in [0, 0.1) is 0 Å². The van der Waals surface area contributed by atoms with Crippen LogP contribution in [-0.2, 0) is 66.4 Å². The van der Waals surface area contributed by atoms with Gasteiger partial charge in [-0.1, -0.05) is 0 Å². The summed E-state index contributed by atoms with van der Waals surface area (Å²) in [5.74, 6) is 0. The fourth-order valence-corrected chi connectivity index (χ4v) is 0.266. The minimum Gasteiger partial charge on any atom is -0.327 e. The zero-order chi connectivity index (χ0) is 17.9. The van der Waals surface area contributed by atoms with Crippen molar-refractivity contribution in [1.82, 2.24) is 0 Å². The Morgan fingerprint density at radius 3 is 0.750 bits per heavy atom. The summed E-state index contributed by atoms with van der Waals surface area (Å²) in [4.78, 5) is 0.